The second-order valence-electron chi connectivity index (χ2n) is 6.18. The predicted molar refractivity (Wildman–Crippen MR) is 84.5 cm³/mol. The minimum Gasteiger partial charge on any atom is -0.494 e. The maximum atomic E-state index is 12.8. The summed E-state index contributed by atoms with van der Waals surface area (Å²) in [6.45, 7) is 12.5. The van der Waals surface area contributed by atoms with Gasteiger partial charge in [-0.25, -0.2) is 8.42 Å². The van der Waals surface area contributed by atoms with Gasteiger partial charge in [-0.2, -0.15) is 4.31 Å². The van der Waals surface area contributed by atoms with Crippen molar-refractivity contribution in [3.8, 4) is 0 Å². The first-order valence-corrected chi connectivity index (χ1v) is 8.59. The van der Waals surface area contributed by atoms with Crippen LogP contribution in [-0.2, 0) is 21.2 Å². The summed E-state index contributed by atoms with van der Waals surface area (Å²) in [5.74, 6) is 0.503. The molecule has 0 unspecified atom stereocenters. The highest BCUT2D eigenvalue weighted by Crippen LogP contribution is 2.33. The van der Waals surface area contributed by atoms with Crippen molar-refractivity contribution in [3.05, 3.63) is 35.9 Å². The average molecular weight is 309 g/mol. The van der Waals surface area contributed by atoms with Crippen LogP contribution in [0.15, 0.2) is 29.7 Å². The number of fused-ring (bicyclic) bond motifs is 1. The van der Waals surface area contributed by atoms with Gasteiger partial charge in [0, 0.05) is 17.6 Å². The molecule has 0 aliphatic carbocycles. The fraction of sp³-hybridized carbons (Fsp3) is 0.500. The van der Waals surface area contributed by atoms with Gasteiger partial charge in [0.1, 0.15) is 5.76 Å². The van der Waals surface area contributed by atoms with Crippen LogP contribution in [0.5, 0.6) is 0 Å². The molecule has 0 atom stereocenters. The highest BCUT2D eigenvalue weighted by Gasteiger charge is 2.38. The van der Waals surface area contributed by atoms with Crippen molar-refractivity contribution in [3.63, 3.8) is 0 Å². The maximum absolute atomic E-state index is 12.8. The molecule has 1 heterocycles. The largest absolute Gasteiger partial charge is 0.494 e. The smallest absolute Gasteiger partial charge is 0.243 e. The zero-order valence-corrected chi connectivity index (χ0v) is 14.0. The van der Waals surface area contributed by atoms with Crippen LogP contribution in [0.25, 0.3) is 5.76 Å². The Balaban J connectivity index is 2.50. The van der Waals surface area contributed by atoms with Crippen LogP contribution < -0.4 is 0 Å². The number of rotatable bonds is 3. The van der Waals surface area contributed by atoms with E-state index in [1.54, 1.807) is 10.4 Å². The van der Waals surface area contributed by atoms with E-state index in [9.17, 15) is 8.42 Å². The Morgan fingerprint density at radius 3 is 2.62 bits per heavy atom. The van der Waals surface area contributed by atoms with Gasteiger partial charge in [-0.15, -0.1) is 0 Å². The van der Waals surface area contributed by atoms with Crippen LogP contribution in [0.2, 0.25) is 0 Å². The third-order valence-electron chi connectivity index (χ3n) is 3.61. The average Bonchev–Trinajstić information content (AvgIpc) is 2.37. The minimum atomic E-state index is -3.47. The Hall–Kier alpha value is -1.33. The lowest BCUT2D eigenvalue weighted by atomic mass is 10.1. The molecule has 0 saturated carbocycles. The molecule has 0 fully saturated rings. The Bertz CT molecular complexity index is 657. The molecule has 5 heteroatoms. The van der Waals surface area contributed by atoms with E-state index in [1.165, 1.54) is 0 Å². The van der Waals surface area contributed by atoms with Gasteiger partial charge in [-0.1, -0.05) is 18.7 Å². The van der Waals surface area contributed by atoms with E-state index in [0.29, 0.717) is 23.8 Å². The Morgan fingerprint density at radius 2 is 2.05 bits per heavy atom. The first kappa shape index (κ1) is 16.0. The Labute approximate surface area is 127 Å². The van der Waals surface area contributed by atoms with Gasteiger partial charge in [-0.05, 0) is 45.7 Å². The lowest BCUT2D eigenvalue weighted by Gasteiger charge is -2.38. The van der Waals surface area contributed by atoms with Crippen LogP contribution in [0.1, 0.15) is 38.8 Å². The highest BCUT2D eigenvalue weighted by atomic mass is 32.2. The number of hydrogen-bond donors (Lipinski definition) is 0. The minimum absolute atomic E-state index is 0.377. The molecule has 0 amide bonds. The summed E-state index contributed by atoms with van der Waals surface area (Å²) in [5.41, 5.74) is 1.15. The van der Waals surface area contributed by atoms with Crippen molar-refractivity contribution in [2.24, 2.45) is 0 Å². The molecule has 1 aromatic rings. The summed E-state index contributed by atoms with van der Waals surface area (Å²) in [5, 5.41) is 0. The maximum Gasteiger partial charge on any atom is 0.243 e. The van der Waals surface area contributed by atoms with Crippen molar-refractivity contribution < 1.29 is 13.2 Å². The summed E-state index contributed by atoms with van der Waals surface area (Å²) >= 11 is 0. The van der Waals surface area contributed by atoms with Gasteiger partial charge < -0.3 is 4.74 Å². The third kappa shape index (κ3) is 2.99. The number of nitrogens with zero attached hydrogens (tertiary/aromatic N) is 1. The molecule has 4 nitrogen and oxygen atoms in total. The first-order valence-electron chi connectivity index (χ1n) is 7.15. The normalized spacial score (nSPS) is 18.1. The van der Waals surface area contributed by atoms with Crippen molar-refractivity contribution in [1.82, 2.24) is 4.31 Å². The van der Waals surface area contributed by atoms with E-state index in [1.807, 2.05) is 39.8 Å². The third-order valence-corrected chi connectivity index (χ3v) is 5.85. The number of hydrogen-bond acceptors (Lipinski definition) is 3. The van der Waals surface area contributed by atoms with E-state index in [0.717, 1.165) is 17.5 Å². The molecular formula is C16H23NO3S. The highest BCUT2D eigenvalue weighted by molar-refractivity contribution is 7.89. The summed E-state index contributed by atoms with van der Waals surface area (Å²) in [6.07, 6.45) is 0.729. The Morgan fingerprint density at radius 1 is 1.38 bits per heavy atom. The van der Waals surface area contributed by atoms with Crippen molar-refractivity contribution in [2.75, 3.05) is 13.2 Å². The summed E-state index contributed by atoms with van der Waals surface area (Å²) < 4.78 is 32.6. The van der Waals surface area contributed by atoms with Gasteiger partial charge >= 0.3 is 0 Å². The lowest BCUT2D eigenvalue weighted by Crippen LogP contribution is -2.48. The monoisotopic (exact) mass is 309 g/mol. The summed E-state index contributed by atoms with van der Waals surface area (Å²) in [7, 11) is -3.47. The molecule has 0 aromatic heterocycles. The van der Waals surface area contributed by atoms with Crippen molar-refractivity contribution in [1.29, 1.82) is 0 Å². The van der Waals surface area contributed by atoms with Crippen LogP contribution in [-0.4, -0.2) is 31.4 Å². The predicted octanol–water partition coefficient (Wildman–Crippen LogP) is 3.04. The quantitative estimate of drug-likeness (QED) is 0.806. The van der Waals surface area contributed by atoms with Crippen molar-refractivity contribution in [2.45, 2.75) is 44.6 Å². The van der Waals surface area contributed by atoms with Gasteiger partial charge in [0.2, 0.25) is 10.0 Å². The van der Waals surface area contributed by atoms with Crippen LogP contribution in [0.4, 0.5) is 0 Å². The van der Waals surface area contributed by atoms with E-state index in [4.69, 9.17) is 4.74 Å². The van der Waals surface area contributed by atoms with Gasteiger partial charge in [0.05, 0.1) is 11.5 Å². The van der Waals surface area contributed by atoms with Gasteiger partial charge in [-0.3, -0.25) is 0 Å². The SMILES string of the molecule is C=C(OCC)c1ccc2c(c1)S(=O)(=O)N(C(C)(C)C)CC2. The molecule has 2 rings (SSSR count). The zero-order chi connectivity index (χ0) is 15.8. The molecule has 116 valence electrons. The Kier molecular flexibility index (Phi) is 4.17. The molecule has 1 aliphatic heterocycles. The second-order valence-corrected chi connectivity index (χ2v) is 8.01. The fourth-order valence-corrected chi connectivity index (χ4v) is 4.66. The lowest BCUT2D eigenvalue weighted by molar-refractivity contribution is 0.245. The molecule has 21 heavy (non-hydrogen) atoms. The first-order chi connectivity index (χ1) is 9.67. The van der Waals surface area contributed by atoms with Crippen LogP contribution in [0.3, 0.4) is 0 Å². The summed E-state index contributed by atoms with van der Waals surface area (Å²) in [6, 6.07) is 5.42. The topological polar surface area (TPSA) is 46.6 Å². The molecule has 1 aromatic carbocycles. The fourth-order valence-electron chi connectivity index (χ4n) is 2.59. The van der Waals surface area contributed by atoms with Crippen LogP contribution in [0, 0.1) is 0 Å². The molecule has 0 saturated heterocycles. The van der Waals surface area contributed by atoms with Crippen LogP contribution >= 0.6 is 0 Å². The molecule has 0 spiro atoms. The molecule has 0 radical (unpaired) electrons. The standard InChI is InChI=1S/C16H23NO3S/c1-6-20-12(2)14-8-7-13-9-10-17(16(3,4)5)21(18,19)15(13)11-14/h7-8,11H,2,6,9-10H2,1,3-5H3. The van der Waals surface area contributed by atoms with Crippen molar-refractivity contribution >= 4 is 15.8 Å². The number of sulfonamides is 1. The van der Waals surface area contributed by atoms with E-state index in [-0.39, 0.29) is 0 Å². The number of ether oxygens (including phenoxy) is 1. The van der Waals surface area contributed by atoms with Gasteiger partial charge in [0.25, 0.3) is 0 Å². The molecule has 0 N–H and O–H groups in total. The second kappa shape index (κ2) is 5.46. The van der Waals surface area contributed by atoms with E-state index < -0.39 is 15.6 Å². The van der Waals surface area contributed by atoms with E-state index in [2.05, 4.69) is 6.58 Å². The van der Waals surface area contributed by atoms with Gasteiger partial charge in [0.15, 0.2) is 0 Å². The summed E-state index contributed by atoms with van der Waals surface area (Å²) in [4.78, 5) is 0.377. The number of benzene rings is 1. The molecule has 1 aliphatic rings. The zero-order valence-electron chi connectivity index (χ0n) is 13.1. The molecule has 0 bridgehead atoms. The van der Waals surface area contributed by atoms with E-state index >= 15 is 0 Å². The molecular weight excluding hydrogens is 286 g/mol.